The highest BCUT2D eigenvalue weighted by molar-refractivity contribution is 7.88. The van der Waals surface area contributed by atoms with E-state index in [1.807, 2.05) is 7.05 Å². The third-order valence-corrected chi connectivity index (χ3v) is 4.18. The Kier molecular flexibility index (Phi) is 5.35. The van der Waals surface area contributed by atoms with Crippen LogP contribution in [0.25, 0.3) is 0 Å². The van der Waals surface area contributed by atoms with E-state index in [0.29, 0.717) is 32.6 Å². The van der Waals surface area contributed by atoms with Crippen molar-refractivity contribution in [3.8, 4) is 0 Å². The first-order valence-corrected chi connectivity index (χ1v) is 7.67. The molecule has 0 radical (unpaired) electrons. The minimum absolute atomic E-state index is 0.119. The summed E-state index contributed by atoms with van der Waals surface area (Å²) in [7, 11) is -1.25. The van der Waals surface area contributed by atoms with E-state index >= 15 is 0 Å². The summed E-state index contributed by atoms with van der Waals surface area (Å²) in [4.78, 5) is 13.5. The Hall–Kier alpha value is -0.660. The van der Waals surface area contributed by atoms with E-state index in [4.69, 9.17) is 0 Å². The number of amides is 1. The molecule has 1 aliphatic rings. The maximum atomic E-state index is 11.8. The zero-order valence-electron chi connectivity index (χ0n) is 10.5. The number of hydrogen-bond acceptors (Lipinski definition) is 4. The molecule has 1 aliphatic heterocycles. The Labute approximate surface area is 103 Å². The normalized spacial score (nSPS) is 18.4. The van der Waals surface area contributed by atoms with E-state index in [-0.39, 0.29) is 5.91 Å². The molecule has 0 saturated carbocycles. The molecule has 0 atom stereocenters. The Balaban J connectivity index is 2.34. The zero-order valence-corrected chi connectivity index (χ0v) is 11.3. The highest BCUT2D eigenvalue weighted by Crippen LogP contribution is 2.07. The number of hydrogen-bond donors (Lipinski definition) is 1. The van der Waals surface area contributed by atoms with Crippen molar-refractivity contribution in [2.45, 2.75) is 12.8 Å². The summed E-state index contributed by atoms with van der Waals surface area (Å²) >= 11 is 0. The molecule has 7 heteroatoms. The molecule has 0 aromatic heterocycles. The van der Waals surface area contributed by atoms with Gasteiger partial charge in [0.1, 0.15) is 0 Å². The minimum atomic E-state index is -3.11. The second kappa shape index (κ2) is 6.32. The number of nitrogens with zero attached hydrogens (tertiary/aromatic N) is 2. The molecule has 1 rings (SSSR count). The average Bonchev–Trinajstić information content (AvgIpc) is 2.28. The van der Waals surface area contributed by atoms with Gasteiger partial charge in [0.15, 0.2) is 0 Å². The number of carbonyl (C=O) groups is 1. The second-order valence-electron chi connectivity index (χ2n) is 4.25. The van der Waals surface area contributed by atoms with Gasteiger partial charge in [-0.05, 0) is 20.0 Å². The summed E-state index contributed by atoms with van der Waals surface area (Å²) in [6, 6.07) is 0. The molecule has 0 aromatic carbocycles. The van der Waals surface area contributed by atoms with Crippen LogP contribution >= 0.6 is 0 Å². The molecular formula is C10H21N3O3S. The van der Waals surface area contributed by atoms with Crippen LogP contribution in [0.1, 0.15) is 12.8 Å². The average molecular weight is 263 g/mol. The quantitative estimate of drug-likeness (QED) is 0.652. The summed E-state index contributed by atoms with van der Waals surface area (Å²) in [5.41, 5.74) is 0. The maximum absolute atomic E-state index is 11.8. The van der Waals surface area contributed by atoms with Crippen LogP contribution in [-0.2, 0) is 14.8 Å². The molecule has 6 nitrogen and oxygen atoms in total. The van der Waals surface area contributed by atoms with Crippen LogP contribution < -0.4 is 5.32 Å². The molecule has 0 aromatic rings. The lowest BCUT2D eigenvalue weighted by molar-refractivity contribution is -0.132. The fraction of sp³-hybridized carbons (Fsp3) is 0.900. The van der Waals surface area contributed by atoms with Crippen molar-refractivity contribution in [2.24, 2.45) is 0 Å². The van der Waals surface area contributed by atoms with Gasteiger partial charge in [-0.25, -0.2) is 8.42 Å². The van der Waals surface area contributed by atoms with E-state index in [1.165, 1.54) is 10.6 Å². The van der Waals surface area contributed by atoms with Crippen molar-refractivity contribution in [3.05, 3.63) is 0 Å². The number of nitrogens with one attached hydrogen (secondary N) is 1. The SMILES string of the molecule is CNCCCC(=O)N1CCN(S(C)(=O)=O)CC1. The summed E-state index contributed by atoms with van der Waals surface area (Å²) in [5, 5.41) is 2.99. The van der Waals surface area contributed by atoms with Gasteiger partial charge in [-0.3, -0.25) is 4.79 Å². The highest BCUT2D eigenvalue weighted by atomic mass is 32.2. The fourth-order valence-corrected chi connectivity index (χ4v) is 2.67. The van der Waals surface area contributed by atoms with Gasteiger partial charge in [-0.2, -0.15) is 4.31 Å². The van der Waals surface area contributed by atoms with Gasteiger partial charge >= 0.3 is 0 Å². The third-order valence-electron chi connectivity index (χ3n) is 2.88. The largest absolute Gasteiger partial charge is 0.340 e. The molecule has 0 spiro atoms. The Morgan fingerprint density at radius 1 is 1.24 bits per heavy atom. The molecule has 17 heavy (non-hydrogen) atoms. The standard InChI is InChI=1S/C10H21N3O3S/c1-11-5-3-4-10(14)12-6-8-13(9-7-12)17(2,15)16/h11H,3-9H2,1-2H3. The van der Waals surface area contributed by atoms with Crippen molar-refractivity contribution < 1.29 is 13.2 Å². The lowest BCUT2D eigenvalue weighted by Crippen LogP contribution is -2.50. The van der Waals surface area contributed by atoms with Crippen LogP contribution in [0.5, 0.6) is 0 Å². The first-order valence-electron chi connectivity index (χ1n) is 5.82. The molecule has 0 aliphatic carbocycles. The van der Waals surface area contributed by atoms with Crippen molar-refractivity contribution >= 4 is 15.9 Å². The molecular weight excluding hydrogens is 242 g/mol. The van der Waals surface area contributed by atoms with Crippen LogP contribution in [0, 0.1) is 0 Å². The van der Waals surface area contributed by atoms with Gasteiger partial charge in [0.2, 0.25) is 15.9 Å². The zero-order chi connectivity index (χ0) is 12.9. The van der Waals surface area contributed by atoms with Gasteiger partial charge in [-0.15, -0.1) is 0 Å². The summed E-state index contributed by atoms with van der Waals surface area (Å²) < 4.78 is 24.0. The predicted octanol–water partition coefficient (Wildman–Crippen LogP) is -0.910. The molecule has 1 N–H and O–H groups in total. The van der Waals surface area contributed by atoms with E-state index in [9.17, 15) is 13.2 Å². The minimum Gasteiger partial charge on any atom is -0.340 e. The number of rotatable bonds is 5. The highest BCUT2D eigenvalue weighted by Gasteiger charge is 2.25. The molecule has 1 fully saturated rings. The van der Waals surface area contributed by atoms with Crippen molar-refractivity contribution in [1.82, 2.24) is 14.5 Å². The van der Waals surface area contributed by atoms with E-state index < -0.39 is 10.0 Å². The van der Waals surface area contributed by atoms with E-state index in [2.05, 4.69) is 5.32 Å². The topological polar surface area (TPSA) is 69.7 Å². The predicted molar refractivity (Wildman–Crippen MR) is 66.2 cm³/mol. The van der Waals surface area contributed by atoms with E-state index in [0.717, 1.165) is 13.0 Å². The Bertz CT molecular complexity index is 348. The van der Waals surface area contributed by atoms with Crippen LogP contribution in [0.4, 0.5) is 0 Å². The van der Waals surface area contributed by atoms with Gasteiger partial charge in [0.05, 0.1) is 6.26 Å². The monoisotopic (exact) mass is 263 g/mol. The van der Waals surface area contributed by atoms with Crippen molar-refractivity contribution in [1.29, 1.82) is 0 Å². The lowest BCUT2D eigenvalue weighted by atomic mass is 10.2. The maximum Gasteiger partial charge on any atom is 0.222 e. The summed E-state index contributed by atoms with van der Waals surface area (Å²) in [5.74, 6) is 0.119. The van der Waals surface area contributed by atoms with Gasteiger partial charge in [0.25, 0.3) is 0 Å². The molecule has 1 saturated heterocycles. The molecule has 100 valence electrons. The fourth-order valence-electron chi connectivity index (χ4n) is 1.84. The van der Waals surface area contributed by atoms with E-state index in [1.54, 1.807) is 4.90 Å². The molecule has 1 heterocycles. The molecule has 0 unspecified atom stereocenters. The lowest BCUT2D eigenvalue weighted by Gasteiger charge is -2.33. The molecule has 1 amide bonds. The van der Waals surface area contributed by atoms with Crippen LogP contribution in [0.2, 0.25) is 0 Å². The van der Waals surface area contributed by atoms with Crippen LogP contribution in [-0.4, -0.2) is 69.6 Å². The van der Waals surface area contributed by atoms with Gasteiger partial charge in [0, 0.05) is 32.6 Å². The summed E-state index contributed by atoms with van der Waals surface area (Å²) in [6.45, 7) is 2.67. The van der Waals surface area contributed by atoms with Crippen molar-refractivity contribution in [2.75, 3.05) is 46.0 Å². The van der Waals surface area contributed by atoms with Crippen molar-refractivity contribution in [3.63, 3.8) is 0 Å². The molecule has 0 bridgehead atoms. The Morgan fingerprint density at radius 2 is 1.82 bits per heavy atom. The van der Waals surface area contributed by atoms with Gasteiger partial charge < -0.3 is 10.2 Å². The first-order chi connectivity index (χ1) is 7.95. The number of carbonyl (C=O) groups excluding carboxylic acids is 1. The number of piperazine rings is 1. The third kappa shape index (κ3) is 4.61. The Morgan fingerprint density at radius 3 is 2.29 bits per heavy atom. The smallest absolute Gasteiger partial charge is 0.222 e. The first kappa shape index (κ1) is 14.4. The van der Waals surface area contributed by atoms with Crippen LogP contribution in [0.3, 0.4) is 0 Å². The van der Waals surface area contributed by atoms with Gasteiger partial charge in [-0.1, -0.05) is 0 Å². The number of sulfonamides is 1. The van der Waals surface area contributed by atoms with Crippen LogP contribution in [0.15, 0.2) is 0 Å². The second-order valence-corrected chi connectivity index (χ2v) is 6.23. The summed E-state index contributed by atoms with van der Waals surface area (Å²) in [6.07, 6.45) is 2.55.